The van der Waals surface area contributed by atoms with Gasteiger partial charge >= 0.3 is 5.97 Å². The van der Waals surface area contributed by atoms with Gasteiger partial charge in [-0.2, -0.15) is 0 Å². The maximum atomic E-state index is 11.7. The molecule has 1 heterocycles. The predicted octanol–water partition coefficient (Wildman–Crippen LogP) is 2.01. The number of rotatable bonds is 5. The van der Waals surface area contributed by atoms with Gasteiger partial charge in [0, 0.05) is 11.9 Å². The van der Waals surface area contributed by atoms with Crippen molar-refractivity contribution in [2.75, 3.05) is 0 Å². The Morgan fingerprint density at radius 2 is 2.00 bits per heavy atom. The fraction of sp³-hybridized carbons (Fsp3) is 0.214. The highest BCUT2D eigenvalue weighted by atomic mass is 32.1. The van der Waals surface area contributed by atoms with Crippen molar-refractivity contribution in [3.63, 3.8) is 0 Å². The summed E-state index contributed by atoms with van der Waals surface area (Å²) in [6.45, 7) is 2.28. The van der Waals surface area contributed by atoms with E-state index in [1.807, 2.05) is 12.3 Å². The van der Waals surface area contributed by atoms with E-state index in [1.54, 1.807) is 12.1 Å². The van der Waals surface area contributed by atoms with Crippen LogP contribution in [0.5, 0.6) is 0 Å². The molecule has 0 saturated carbocycles. The van der Waals surface area contributed by atoms with Crippen LogP contribution in [0.25, 0.3) is 0 Å². The summed E-state index contributed by atoms with van der Waals surface area (Å²) in [6, 6.07) is 6.43. The monoisotopic (exact) mass is 290 g/mol. The standard InChI is InChI=1S/C14H14N2O3S/c1-9-16-12(8-20-9)6-13(17)15-7-10-2-4-11(5-3-10)14(18)19/h2-5,8H,6-7H2,1H3,(H,15,17)(H,18,19). The van der Waals surface area contributed by atoms with Gasteiger partial charge in [-0.1, -0.05) is 12.1 Å². The molecule has 0 aliphatic carbocycles. The second-order valence-electron chi connectivity index (χ2n) is 4.31. The summed E-state index contributed by atoms with van der Waals surface area (Å²) < 4.78 is 0. The van der Waals surface area contributed by atoms with E-state index in [4.69, 9.17) is 5.11 Å². The smallest absolute Gasteiger partial charge is 0.335 e. The molecule has 0 atom stereocenters. The molecule has 5 nitrogen and oxygen atoms in total. The largest absolute Gasteiger partial charge is 0.478 e. The van der Waals surface area contributed by atoms with E-state index in [2.05, 4.69) is 10.3 Å². The number of benzene rings is 1. The minimum Gasteiger partial charge on any atom is -0.478 e. The van der Waals surface area contributed by atoms with E-state index < -0.39 is 5.97 Å². The molecule has 0 aliphatic heterocycles. The highest BCUT2D eigenvalue weighted by Gasteiger charge is 2.07. The SMILES string of the molecule is Cc1nc(CC(=O)NCc2ccc(C(=O)O)cc2)cs1. The maximum absolute atomic E-state index is 11.7. The number of carboxylic acid groups (broad SMARTS) is 1. The first-order valence-electron chi connectivity index (χ1n) is 6.04. The van der Waals surface area contributed by atoms with E-state index in [-0.39, 0.29) is 17.9 Å². The van der Waals surface area contributed by atoms with Gasteiger partial charge in [0.15, 0.2) is 0 Å². The Labute approximate surface area is 120 Å². The summed E-state index contributed by atoms with van der Waals surface area (Å²) in [6.07, 6.45) is 0.261. The van der Waals surface area contributed by atoms with Crippen LogP contribution in [-0.4, -0.2) is 22.0 Å². The van der Waals surface area contributed by atoms with Crippen molar-refractivity contribution in [3.8, 4) is 0 Å². The number of aromatic carboxylic acids is 1. The molecule has 0 unspecified atom stereocenters. The Balaban J connectivity index is 1.85. The van der Waals surface area contributed by atoms with Crippen molar-refractivity contribution in [1.29, 1.82) is 0 Å². The third-order valence-corrected chi connectivity index (χ3v) is 3.52. The first-order valence-corrected chi connectivity index (χ1v) is 6.92. The predicted molar refractivity (Wildman–Crippen MR) is 75.8 cm³/mol. The van der Waals surface area contributed by atoms with Gasteiger partial charge in [0.2, 0.25) is 5.91 Å². The molecule has 6 heteroatoms. The van der Waals surface area contributed by atoms with Gasteiger partial charge < -0.3 is 10.4 Å². The Kier molecular flexibility index (Phi) is 4.47. The molecule has 104 valence electrons. The summed E-state index contributed by atoms with van der Waals surface area (Å²) in [5, 5.41) is 14.4. The number of carbonyl (C=O) groups excluding carboxylic acids is 1. The van der Waals surface area contributed by atoms with Crippen LogP contribution in [0.3, 0.4) is 0 Å². The van der Waals surface area contributed by atoms with E-state index in [9.17, 15) is 9.59 Å². The second-order valence-corrected chi connectivity index (χ2v) is 5.38. The molecule has 1 aromatic heterocycles. The summed E-state index contributed by atoms with van der Waals surface area (Å²) in [5.41, 5.74) is 1.86. The molecule has 0 fully saturated rings. The lowest BCUT2D eigenvalue weighted by Crippen LogP contribution is -2.24. The minimum atomic E-state index is -0.959. The van der Waals surface area contributed by atoms with Gasteiger partial charge in [-0.25, -0.2) is 9.78 Å². The average Bonchev–Trinajstić information content (AvgIpc) is 2.82. The molecule has 0 aliphatic rings. The first-order chi connectivity index (χ1) is 9.54. The van der Waals surface area contributed by atoms with Crippen LogP contribution in [-0.2, 0) is 17.8 Å². The number of thiazole rings is 1. The van der Waals surface area contributed by atoms with E-state index >= 15 is 0 Å². The van der Waals surface area contributed by atoms with Crippen LogP contribution >= 0.6 is 11.3 Å². The lowest BCUT2D eigenvalue weighted by atomic mass is 10.1. The number of aromatic nitrogens is 1. The number of carboxylic acids is 1. The molecule has 2 N–H and O–H groups in total. The van der Waals surface area contributed by atoms with Gasteiger partial charge in [0.25, 0.3) is 0 Å². The summed E-state index contributed by atoms with van der Waals surface area (Å²) in [5.74, 6) is -1.06. The van der Waals surface area contributed by atoms with Crippen molar-refractivity contribution < 1.29 is 14.7 Å². The Morgan fingerprint density at radius 1 is 1.30 bits per heavy atom. The fourth-order valence-corrected chi connectivity index (χ4v) is 2.29. The Hall–Kier alpha value is -2.21. The quantitative estimate of drug-likeness (QED) is 0.883. The van der Waals surface area contributed by atoms with Crippen molar-refractivity contribution in [3.05, 3.63) is 51.5 Å². The van der Waals surface area contributed by atoms with Crippen molar-refractivity contribution in [2.24, 2.45) is 0 Å². The normalized spacial score (nSPS) is 10.2. The average molecular weight is 290 g/mol. The number of aryl methyl sites for hydroxylation is 1. The lowest BCUT2D eigenvalue weighted by molar-refractivity contribution is -0.120. The zero-order chi connectivity index (χ0) is 14.5. The molecule has 0 bridgehead atoms. The van der Waals surface area contributed by atoms with Gasteiger partial charge in [-0.15, -0.1) is 11.3 Å². The molecule has 0 radical (unpaired) electrons. The molecule has 0 spiro atoms. The van der Waals surface area contributed by atoms with Crippen molar-refractivity contribution in [1.82, 2.24) is 10.3 Å². The molecule has 0 saturated heterocycles. The first kappa shape index (κ1) is 14.2. The third kappa shape index (κ3) is 3.89. The van der Waals surface area contributed by atoms with Crippen LogP contribution < -0.4 is 5.32 Å². The number of amides is 1. The van der Waals surface area contributed by atoms with E-state index in [0.29, 0.717) is 6.54 Å². The molecule has 20 heavy (non-hydrogen) atoms. The van der Waals surface area contributed by atoms with Gasteiger partial charge in [0.1, 0.15) is 0 Å². The van der Waals surface area contributed by atoms with Crippen molar-refractivity contribution >= 4 is 23.2 Å². The van der Waals surface area contributed by atoms with Crippen LogP contribution in [0.1, 0.15) is 26.6 Å². The second kappa shape index (κ2) is 6.29. The van der Waals surface area contributed by atoms with Gasteiger partial charge in [0.05, 0.1) is 22.7 Å². The zero-order valence-corrected chi connectivity index (χ0v) is 11.7. The van der Waals surface area contributed by atoms with Gasteiger partial charge in [-0.05, 0) is 24.6 Å². The highest BCUT2D eigenvalue weighted by molar-refractivity contribution is 7.09. The van der Waals surface area contributed by atoms with E-state index in [1.165, 1.54) is 23.5 Å². The molecule has 1 amide bonds. The van der Waals surface area contributed by atoms with Gasteiger partial charge in [-0.3, -0.25) is 4.79 Å². The number of hydrogen-bond acceptors (Lipinski definition) is 4. The topological polar surface area (TPSA) is 79.3 Å². The summed E-state index contributed by atoms with van der Waals surface area (Å²) >= 11 is 1.52. The van der Waals surface area contributed by atoms with Crippen LogP contribution in [0.2, 0.25) is 0 Å². The zero-order valence-electron chi connectivity index (χ0n) is 10.9. The summed E-state index contributed by atoms with van der Waals surface area (Å²) in [4.78, 5) is 26.7. The Morgan fingerprint density at radius 3 is 2.55 bits per heavy atom. The number of carbonyl (C=O) groups is 2. The van der Waals surface area contributed by atoms with E-state index in [0.717, 1.165) is 16.3 Å². The Bertz CT molecular complexity index is 620. The summed E-state index contributed by atoms with van der Waals surface area (Å²) in [7, 11) is 0. The minimum absolute atomic E-state index is 0.0994. The lowest BCUT2D eigenvalue weighted by Gasteiger charge is -2.04. The molecule has 1 aromatic carbocycles. The number of nitrogens with one attached hydrogen (secondary N) is 1. The van der Waals surface area contributed by atoms with Crippen LogP contribution in [0.4, 0.5) is 0 Å². The molecule has 2 rings (SSSR count). The van der Waals surface area contributed by atoms with Crippen molar-refractivity contribution in [2.45, 2.75) is 19.9 Å². The highest BCUT2D eigenvalue weighted by Crippen LogP contribution is 2.08. The number of nitrogens with zero attached hydrogens (tertiary/aromatic N) is 1. The van der Waals surface area contributed by atoms with Crippen LogP contribution in [0.15, 0.2) is 29.6 Å². The third-order valence-electron chi connectivity index (χ3n) is 2.70. The maximum Gasteiger partial charge on any atom is 0.335 e. The molecule has 2 aromatic rings. The molecular formula is C14H14N2O3S. The fourth-order valence-electron chi connectivity index (χ4n) is 1.68. The molecular weight excluding hydrogens is 276 g/mol. The van der Waals surface area contributed by atoms with Crippen LogP contribution in [0, 0.1) is 6.92 Å². The number of hydrogen-bond donors (Lipinski definition) is 2.